The highest BCUT2D eigenvalue weighted by Crippen LogP contribution is 2.98. The Morgan fingerprint density at radius 2 is 2.09 bits per heavy atom. The van der Waals surface area contributed by atoms with Crippen LogP contribution >= 0.6 is 0 Å². The summed E-state index contributed by atoms with van der Waals surface area (Å²) in [5.74, 6) is 3.19. The minimum atomic E-state index is 0.648. The zero-order valence-corrected chi connectivity index (χ0v) is 7.59. The minimum Gasteiger partial charge on any atom is -0.0914 e. The lowest BCUT2D eigenvalue weighted by Crippen LogP contribution is -2.44. The van der Waals surface area contributed by atoms with E-state index in [-0.39, 0.29) is 0 Å². The van der Waals surface area contributed by atoms with Crippen LogP contribution in [0.5, 0.6) is 0 Å². The molecule has 0 aromatic heterocycles. The predicted molar refractivity (Wildman–Crippen MR) is 46.1 cm³/mol. The first-order chi connectivity index (χ1) is 5.16. The molecule has 0 aromatic carbocycles. The number of hydrogen-bond acceptors (Lipinski definition) is 0. The molecule has 0 aromatic rings. The van der Waals surface area contributed by atoms with Gasteiger partial charge < -0.3 is 0 Å². The van der Waals surface area contributed by atoms with E-state index in [1.807, 2.05) is 0 Å². The largest absolute Gasteiger partial charge is 0.0914 e. The molecule has 0 heteroatoms. The van der Waals surface area contributed by atoms with Gasteiger partial charge in [0.1, 0.15) is 0 Å². The molecule has 4 atom stereocenters. The molecular weight excluding hydrogens is 132 g/mol. The van der Waals surface area contributed by atoms with Crippen molar-refractivity contribution in [2.45, 2.75) is 27.2 Å². The van der Waals surface area contributed by atoms with Crippen molar-refractivity contribution in [3.63, 3.8) is 0 Å². The Balaban J connectivity index is 1.91. The topological polar surface area (TPSA) is 0 Å². The van der Waals surface area contributed by atoms with Crippen molar-refractivity contribution in [2.75, 3.05) is 0 Å². The summed E-state index contributed by atoms with van der Waals surface area (Å²) in [6.45, 7) is 7.07. The van der Waals surface area contributed by atoms with Crippen molar-refractivity contribution < 1.29 is 0 Å². The maximum atomic E-state index is 2.46. The van der Waals surface area contributed by atoms with Gasteiger partial charge in [-0.2, -0.15) is 0 Å². The normalized spacial score (nSPS) is 61.5. The zero-order valence-electron chi connectivity index (χ0n) is 7.59. The molecule has 0 nitrogen and oxygen atoms in total. The van der Waals surface area contributed by atoms with Crippen molar-refractivity contribution >= 4 is 0 Å². The fourth-order valence-electron chi connectivity index (χ4n) is 3.93. The summed E-state index contributed by atoms with van der Waals surface area (Å²) in [5.41, 5.74) is 1.52. The van der Waals surface area contributed by atoms with E-state index in [0.717, 1.165) is 23.2 Å². The molecule has 4 unspecified atom stereocenters. The van der Waals surface area contributed by atoms with Gasteiger partial charge >= 0.3 is 0 Å². The zero-order chi connectivity index (χ0) is 7.85. The molecule has 3 fully saturated rings. The van der Waals surface area contributed by atoms with Gasteiger partial charge in [0.15, 0.2) is 0 Å². The van der Waals surface area contributed by atoms with Gasteiger partial charge in [0, 0.05) is 0 Å². The molecule has 1 spiro atoms. The molecule has 3 rings (SSSR count). The van der Waals surface area contributed by atoms with E-state index in [4.69, 9.17) is 0 Å². The highest BCUT2D eigenvalue weighted by molar-refractivity contribution is 5.43. The standard InChI is InChI=1S/C11H16/c1-4-5-7-9-8-6-11(8,9)10(7,2)3/h4-5,7-9H,6H2,1-3H3. The second-order valence-electron chi connectivity index (χ2n) is 5.15. The third kappa shape index (κ3) is 0.389. The van der Waals surface area contributed by atoms with Gasteiger partial charge in [-0.15, -0.1) is 0 Å². The second kappa shape index (κ2) is 1.32. The SMILES string of the molecule is CC=CC1C2C3CC32C1(C)C. The maximum absolute atomic E-state index is 2.46. The Labute approximate surface area is 68.7 Å². The molecule has 0 saturated heterocycles. The van der Waals surface area contributed by atoms with E-state index in [1.165, 1.54) is 0 Å². The van der Waals surface area contributed by atoms with Crippen LogP contribution in [0.1, 0.15) is 27.2 Å². The smallest absolute Gasteiger partial charge is 0.0140 e. The highest BCUT2D eigenvalue weighted by atomic mass is 15.0. The molecule has 3 aliphatic rings. The van der Waals surface area contributed by atoms with Crippen molar-refractivity contribution in [3.05, 3.63) is 12.2 Å². The summed E-state index contributed by atoms with van der Waals surface area (Å²) in [6, 6.07) is 0. The number of allylic oxidation sites excluding steroid dienone is 2. The lowest BCUT2D eigenvalue weighted by molar-refractivity contribution is 0.0105. The molecule has 0 N–H and O–H groups in total. The number of rotatable bonds is 1. The van der Waals surface area contributed by atoms with Crippen LogP contribution in [-0.2, 0) is 0 Å². The molecule has 3 aliphatic carbocycles. The average Bonchev–Trinajstić information content (AvgIpc) is 2.70. The Morgan fingerprint density at radius 3 is 2.45 bits per heavy atom. The van der Waals surface area contributed by atoms with E-state index in [2.05, 4.69) is 32.9 Å². The molecular formula is C11H16. The molecule has 11 heavy (non-hydrogen) atoms. The average molecular weight is 148 g/mol. The first-order valence-electron chi connectivity index (χ1n) is 4.79. The van der Waals surface area contributed by atoms with E-state index in [1.54, 1.807) is 6.42 Å². The van der Waals surface area contributed by atoms with E-state index < -0.39 is 0 Å². The molecule has 0 bridgehead atoms. The Morgan fingerprint density at radius 1 is 1.36 bits per heavy atom. The van der Waals surface area contributed by atoms with E-state index >= 15 is 0 Å². The Bertz CT molecular complexity index is 249. The van der Waals surface area contributed by atoms with Gasteiger partial charge in [0.05, 0.1) is 0 Å². The van der Waals surface area contributed by atoms with Crippen molar-refractivity contribution in [1.82, 2.24) is 0 Å². The minimum absolute atomic E-state index is 0.648. The van der Waals surface area contributed by atoms with E-state index in [9.17, 15) is 0 Å². The number of fused-ring (bicyclic) bond motifs is 1. The molecule has 0 amide bonds. The summed E-state index contributed by atoms with van der Waals surface area (Å²) in [7, 11) is 0. The van der Waals surface area contributed by atoms with Crippen LogP contribution in [0.15, 0.2) is 12.2 Å². The van der Waals surface area contributed by atoms with Gasteiger partial charge in [-0.3, -0.25) is 0 Å². The van der Waals surface area contributed by atoms with Gasteiger partial charge in [-0.1, -0.05) is 26.0 Å². The lowest BCUT2D eigenvalue weighted by Gasteiger charge is -2.49. The third-order valence-corrected chi connectivity index (χ3v) is 4.80. The molecule has 0 heterocycles. The van der Waals surface area contributed by atoms with Crippen LogP contribution in [0.4, 0.5) is 0 Å². The lowest BCUT2D eigenvalue weighted by atomic mass is 9.55. The first-order valence-corrected chi connectivity index (χ1v) is 4.79. The van der Waals surface area contributed by atoms with Crippen molar-refractivity contribution in [2.24, 2.45) is 28.6 Å². The monoisotopic (exact) mass is 148 g/mol. The summed E-state index contributed by atoms with van der Waals surface area (Å²) in [6.07, 6.45) is 6.22. The quantitative estimate of drug-likeness (QED) is 0.502. The molecule has 0 aliphatic heterocycles. The Hall–Kier alpha value is -0.260. The van der Waals surface area contributed by atoms with Crippen LogP contribution in [0.25, 0.3) is 0 Å². The molecule has 0 radical (unpaired) electrons. The van der Waals surface area contributed by atoms with Crippen LogP contribution in [0, 0.1) is 28.6 Å². The van der Waals surface area contributed by atoms with E-state index in [0.29, 0.717) is 5.41 Å². The molecule has 3 saturated carbocycles. The van der Waals surface area contributed by atoms with Gasteiger partial charge in [-0.05, 0) is 41.9 Å². The summed E-state index contributed by atoms with van der Waals surface area (Å²) >= 11 is 0. The number of hydrogen-bond donors (Lipinski definition) is 0. The second-order valence-corrected chi connectivity index (χ2v) is 5.15. The highest BCUT2D eigenvalue weighted by Gasteiger charge is 2.93. The fourth-order valence-corrected chi connectivity index (χ4v) is 3.93. The van der Waals surface area contributed by atoms with Crippen molar-refractivity contribution in [1.29, 1.82) is 0 Å². The summed E-state index contributed by atoms with van der Waals surface area (Å²) in [5, 5.41) is 0. The predicted octanol–water partition coefficient (Wildman–Crippen LogP) is 2.85. The van der Waals surface area contributed by atoms with Gasteiger partial charge in [-0.25, -0.2) is 0 Å². The van der Waals surface area contributed by atoms with Crippen LogP contribution in [-0.4, -0.2) is 0 Å². The Kier molecular flexibility index (Phi) is 0.753. The van der Waals surface area contributed by atoms with Gasteiger partial charge in [0.25, 0.3) is 0 Å². The van der Waals surface area contributed by atoms with Crippen LogP contribution in [0.2, 0.25) is 0 Å². The van der Waals surface area contributed by atoms with Crippen LogP contribution < -0.4 is 0 Å². The first kappa shape index (κ1) is 6.28. The summed E-state index contributed by atoms with van der Waals surface area (Å²) < 4.78 is 0. The van der Waals surface area contributed by atoms with Gasteiger partial charge in [0.2, 0.25) is 0 Å². The summed E-state index contributed by atoms with van der Waals surface area (Å²) in [4.78, 5) is 0. The maximum Gasteiger partial charge on any atom is -0.0140 e. The van der Waals surface area contributed by atoms with Crippen LogP contribution in [0.3, 0.4) is 0 Å². The fraction of sp³-hybridized carbons (Fsp3) is 0.818. The molecule has 60 valence electrons. The van der Waals surface area contributed by atoms with Crippen molar-refractivity contribution in [3.8, 4) is 0 Å². The third-order valence-electron chi connectivity index (χ3n) is 4.80.